The normalized spacial score (nSPS) is 15.1. The van der Waals surface area contributed by atoms with Gasteiger partial charge < -0.3 is 19.9 Å². The lowest BCUT2D eigenvalue weighted by atomic mass is 10.0. The predicted octanol–water partition coefficient (Wildman–Crippen LogP) is 4.06. The molecule has 31 heavy (non-hydrogen) atoms. The van der Waals surface area contributed by atoms with Crippen molar-refractivity contribution >= 4 is 6.03 Å². The Morgan fingerprint density at radius 3 is 2.48 bits per heavy atom. The van der Waals surface area contributed by atoms with Crippen LogP contribution in [0.3, 0.4) is 0 Å². The van der Waals surface area contributed by atoms with E-state index in [1.165, 1.54) is 12.1 Å². The van der Waals surface area contributed by atoms with Crippen molar-refractivity contribution in [1.29, 1.82) is 0 Å². The molecule has 0 unspecified atom stereocenters. The van der Waals surface area contributed by atoms with Crippen LogP contribution in [0.15, 0.2) is 42.6 Å². The van der Waals surface area contributed by atoms with Crippen LogP contribution in [0.25, 0.3) is 0 Å². The van der Waals surface area contributed by atoms with Crippen molar-refractivity contribution in [3.63, 3.8) is 0 Å². The number of rotatable bonds is 8. The lowest BCUT2D eigenvalue weighted by molar-refractivity contribution is 0.127. The van der Waals surface area contributed by atoms with E-state index in [9.17, 15) is 9.18 Å². The molecule has 1 fully saturated rings. The summed E-state index contributed by atoms with van der Waals surface area (Å²) in [4.78, 5) is 21.6. The van der Waals surface area contributed by atoms with Crippen LogP contribution in [0.1, 0.15) is 37.8 Å². The average Bonchev–Trinajstić information content (AvgIpc) is 2.77. The van der Waals surface area contributed by atoms with E-state index in [1.54, 1.807) is 18.3 Å². The monoisotopic (exact) mass is 428 g/mol. The number of amides is 2. The van der Waals surface area contributed by atoms with Gasteiger partial charge in [0.05, 0.1) is 6.61 Å². The van der Waals surface area contributed by atoms with Crippen molar-refractivity contribution in [2.24, 2.45) is 5.92 Å². The Bertz CT molecular complexity index is 818. The summed E-state index contributed by atoms with van der Waals surface area (Å²) in [6.07, 6.45) is 3.58. The van der Waals surface area contributed by atoms with Crippen LogP contribution >= 0.6 is 0 Å². The smallest absolute Gasteiger partial charge is 0.318 e. The average molecular weight is 429 g/mol. The molecule has 0 spiro atoms. The number of nitrogens with one attached hydrogen (secondary N) is 1. The van der Waals surface area contributed by atoms with Gasteiger partial charge >= 0.3 is 6.03 Å². The minimum atomic E-state index is -0.271. The Balaban J connectivity index is 1.61. The molecule has 168 valence electrons. The van der Waals surface area contributed by atoms with Gasteiger partial charge in [-0.3, -0.25) is 0 Å². The number of hydrogen-bond donors (Lipinski definition) is 1. The summed E-state index contributed by atoms with van der Waals surface area (Å²) in [5.74, 6) is 0.757. The molecule has 1 aromatic heterocycles. The number of carbonyl (C=O) groups excluding carboxylic acids is 1. The highest BCUT2D eigenvalue weighted by molar-refractivity contribution is 5.74. The highest BCUT2D eigenvalue weighted by atomic mass is 19.1. The van der Waals surface area contributed by atoms with Gasteiger partial charge in [-0.15, -0.1) is 0 Å². The molecule has 0 bridgehead atoms. The second kappa shape index (κ2) is 11.1. The van der Waals surface area contributed by atoms with Gasteiger partial charge in [0.1, 0.15) is 5.82 Å². The molecule has 0 radical (unpaired) electrons. The Morgan fingerprint density at radius 2 is 1.87 bits per heavy atom. The molecule has 0 aliphatic carbocycles. The molecule has 1 aromatic carbocycles. The summed E-state index contributed by atoms with van der Waals surface area (Å²) in [7, 11) is 2.10. The fourth-order valence-electron chi connectivity index (χ4n) is 3.59. The topological polar surface area (TPSA) is 57.7 Å². The van der Waals surface area contributed by atoms with Crippen LogP contribution in [0.2, 0.25) is 0 Å². The van der Waals surface area contributed by atoms with E-state index in [0.717, 1.165) is 37.1 Å². The van der Waals surface area contributed by atoms with Gasteiger partial charge in [0, 0.05) is 31.4 Å². The van der Waals surface area contributed by atoms with Gasteiger partial charge in [-0.25, -0.2) is 14.2 Å². The van der Waals surface area contributed by atoms with Gasteiger partial charge in [-0.05, 0) is 62.2 Å². The van der Waals surface area contributed by atoms with E-state index in [4.69, 9.17) is 4.74 Å². The Labute approximate surface area is 184 Å². The number of halogens is 1. The van der Waals surface area contributed by atoms with E-state index in [2.05, 4.69) is 36.1 Å². The molecule has 0 atom stereocenters. The molecule has 2 heterocycles. The van der Waals surface area contributed by atoms with E-state index in [-0.39, 0.29) is 17.9 Å². The van der Waals surface area contributed by atoms with E-state index in [0.29, 0.717) is 31.5 Å². The van der Waals surface area contributed by atoms with Crippen LogP contribution in [-0.2, 0) is 13.1 Å². The lowest BCUT2D eigenvalue weighted by Gasteiger charge is -2.37. The molecule has 1 saturated heterocycles. The van der Waals surface area contributed by atoms with Crippen LogP contribution in [0, 0.1) is 11.7 Å². The third-order valence-electron chi connectivity index (χ3n) is 5.46. The van der Waals surface area contributed by atoms with Gasteiger partial charge in [0.25, 0.3) is 0 Å². The molecule has 1 aliphatic rings. The first-order valence-electron chi connectivity index (χ1n) is 11.0. The van der Waals surface area contributed by atoms with Gasteiger partial charge in [-0.2, -0.15) is 0 Å². The third kappa shape index (κ3) is 7.21. The molecule has 1 aliphatic heterocycles. The fourth-order valence-corrected chi connectivity index (χ4v) is 3.59. The van der Waals surface area contributed by atoms with Crippen molar-refractivity contribution in [2.75, 3.05) is 26.7 Å². The van der Waals surface area contributed by atoms with E-state index < -0.39 is 0 Å². The maximum atomic E-state index is 13.3. The Kier molecular flexibility index (Phi) is 8.23. The van der Waals surface area contributed by atoms with Gasteiger partial charge in [0.15, 0.2) is 0 Å². The second-order valence-electron chi connectivity index (χ2n) is 8.66. The molecule has 1 N–H and O–H groups in total. The van der Waals surface area contributed by atoms with Gasteiger partial charge in [-0.1, -0.05) is 32.0 Å². The largest absolute Gasteiger partial charge is 0.477 e. The zero-order chi connectivity index (χ0) is 22.2. The summed E-state index contributed by atoms with van der Waals surface area (Å²) in [6.45, 7) is 7.57. The number of aromatic nitrogens is 1. The first-order chi connectivity index (χ1) is 14.9. The number of likely N-dealkylation sites (tertiary alicyclic amines) is 1. The van der Waals surface area contributed by atoms with Crippen molar-refractivity contribution in [1.82, 2.24) is 20.1 Å². The number of pyridine rings is 1. The first-order valence-corrected chi connectivity index (χ1v) is 11.0. The molecular formula is C24H33FN4O2. The van der Waals surface area contributed by atoms with Crippen molar-refractivity contribution < 1.29 is 13.9 Å². The van der Waals surface area contributed by atoms with Crippen LogP contribution in [0.4, 0.5) is 9.18 Å². The van der Waals surface area contributed by atoms with E-state index >= 15 is 0 Å². The Hall–Kier alpha value is -2.67. The zero-order valence-corrected chi connectivity index (χ0v) is 18.7. The highest BCUT2D eigenvalue weighted by Gasteiger charge is 2.27. The van der Waals surface area contributed by atoms with Crippen LogP contribution < -0.4 is 10.1 Å². The maximum Gasteiger partial charge on any atom is 0.318 e. The minimum absolute atomic E-state index is 0.112. The van der Waals surface area contributed by atoms with Crippen LogP contribution in [-0.4, -0.2) is 53.6 Å². The van der Waals surface area contributed by atoms with E-state index in [1.807, 2.05) is 17.0 Å². The standard InChI is InChI=1S/C24H33FN4O2/c1-18(2)17-31-23-9-6-20(14-26-23)15-27-24(30)29(22-10-12-28(3)13-11-22)16-19-4-7-21(25)8-5-19/h4-9,14,18,22H,10-13,15-17H2,1-3H3,(H,27,30). The molecule has 2 aromatic rings. The van der Waals surface area contributed by atoms with Crippen molar-refractivity contribution in [3.8, 4) is 5.88 Å². The molecule has 2 amide bonds. The van der Waals surface area contributed by atoms with Crippen molar-refractivity contribution in [3.05, 3.63) is 59.5 Å². The molecule has 6 nitrogen and oxygen atoms in total. The summed E-state index contributed by atoms with van der Waals surface area (Å²) < 4.78 is 18.9. The minimum Gasteiger partial charge on any atom is -0.477 e. The second-order valence-corrected chi connectivity index (χ2v) is 8.66. The van der Waals surface area contributed by atoms with Crippen LogP contribution in [0.5, 0.6) is 5.88 Å². The molecule has 0 saturated carbocycles. The number of urea groups is 1. The summed E-state index contributed by atoms with van der Waals surface area (Å²) in [5, 5.41) is 3.03. The predicted molar refractivity (Wildman–Crippen MR) is 119 cm³/mol. The third-order valence-corrected chi connectivity index (χ3v) is 5.46. The number of ether oxygens (including phenoxy) is 1. The van der Waals surface area contributed by atoms with Gasteiger partial charge in [0.2, 0.25) is 5.88 Å². The maximum absolute atomic E-state index is 13.3. The number of nitrogens with zero attached hydrogens (tertiary/aromatic N) is 3. The zero-order valence-electron chi connectivity index (χ0n) is 18.7. The summed E-state index contributed by atoms with van der Waals surface area (Å²) in [6, 6.07) is 10.2. The molecule has 3 rings (SSSR count). The fraction of sp³-hybridized carbons (Fsp3) is 0.500. The lowest BCUT2D eigenvalue weighted by Crippen LogP contribution is -2.49. The quantitative estimate of drug-likeness (QED) is 0.689. The number of carbonyl (C=O) groups is 1. The van der Waals surface area contributed by atoms with Crippen molar-refractivity contribution in [2.45, 2.75) is 45.8 Å². The summed E-state index contributed by atoms with van der Waals surface area (Å²) in [5.41, 5.74) is 1.83. The Morgan fingerprint density at radius 1 is 1.19 bits per heavy atom. The number of benzene rings is 1. The first kappa shape index (κ1) is 23.0. The number of hydrogen-bond acceptors (Lipinski definition) is 4. The highest BCUT2D eigenvalue weighted by Crippen LogP contribution is 2.19. The molecule has 7 heteroatoms. The SMILES string of the molecule is CC(C)COc1ccc(CNC(=O)N(Cc2ccc(F)cc2)C2CCN(C)CC2)cn1. The number of piperidine rings is 1. The summed E-state index contributed by atoms with van der Waals surface area (Å²) >= 11 is 0. The molecular weight excluding hydrogens is 395 g/mol.